The molecule has 0 aliphatic carbocycles. The molecule has 1 amide bonds. The third-order valence-electron chi connectivity index (χ3n) is 5.43. The van der Waals surface area contributed by atoms with Gasteiger partial charge in [0.05, 0.1) is 21.8 Å². The van der Waals surface area contributed by atoms with E-state index in [9.17, 15) is 18.0 Å². The number of esters is 1. The fourth-order valence-electron chi connectivity index (χ4n) is 3.74. The summed E-state index contributed by atoms with van der Waals surface area (Å²) in [7, 11) is -3.63. The van der Waals surface area contributed by atoms with E-state index < -0.39 is 16.0 Å². The van der Waals surface area contributed by atoms with Crippen molar-refractivity contribution in [2.75, 3.05) is 18.0 Å². The molecule has 0 N–H and O–H groups in total. The van der Waals surface area contributed by atoms with E-state index in [0.717, 1.165) is 18.4 Å². The standard InChI is InChI=1S/C24H25N3O5S2/c1-17-7-5-9-21(13-17)27(18(2)28)24-25-20(16-33-24)15-32-23(29)19-8-6-10-22(14-19)34(30,31)26-11-3-4-12-26/h5-10,13-14,16H,3-4,11-12,15H2,1-2H3. The fraction of sp³-hybridized carbons (Fsp3) is 0.292. The summed E-state index contributed by atoms with van der Waals surface area (Å²) in [4.78, 5) is 30.9. The van der Waals surface area contributed by atoms with E-state index in [-0.39, 0.29) is 23.0 Å². The van der Waals surface area contributed by atoms with Crippen molar-refractivity contribution in [2.45, 2.75) is 38.2 Å². The van der Waals surface area contributed by atoms with Crippen LogP contribution in [0.25, 0.3) is 0 Å². The molecular formula is C24H25N3O5S2. The molecule has 4 rings (SSSR count). The van der Waals surface area contributed by atoms with Crippen molar-refractivity contribution >= 4 is 44.1 Å². The molecule has 34 heavy (non-hydrogen) atoms. The second-order valence-corrected chi connectivity index (χ2v) is 10.8. The zero-order chi connectivity index (χ0) is 24.3. The smallest absolute Gasteiger partial charge is 0.338 e. The average molecular weight is 500 g/mol. The topological polar surface area (TPSA) is 96.9 Å². The van der Waals surface area contributed by atoms with Crippen molar-refractivity contribution in [1.29, 1.82) is 0 Å². The zero-order valence-corrected chi connectivity index (χ0v) is 20.6. The molecule has 1 fully saturated rings. The number of amides is 1. The molecule has 0 atom stereocenters. The second kappa shape index (κ2) is 10.0. The van der Waals surface area contributed by atoms with Crippen molar-refractivity contribution in [2.24, 2.45) is 0 Å². The quantitative estimate of drug-likeness (QED) is 0.450. The van der Waals surface area contributed by atoms with Crippen LogP contribution in [0.1, 0.15) is 41.4 Å². The Kier molecular flexibility index (Phi) is 7.11. The summed E-state index contributed by atoms with van der Waals surface area (Å²) in [5.74, 6) is -0.824. The summed E-state index contributed by atoms with van der Waals surface area (Å²) in [5, 5.41) is 2.20. The molecule has 10 heteroatoms. The van der Waals surface area contributed by atoms with Gasteiger partial charge in [-0.05, 0) is 55.7 Å². The van der Waals surface area contributed by atoms with Crippen LogP contribution in [-0.4, -0.2) is 42.7 Å². The van der Waals surface area contributed by atoms with Gasteiger partial charge in [-0.15, -0.1) is 11.3 Å². The van der Waals surface area contributed by atoms with Crippen molar-refractivity contribution in [3.63, 3.8) is 0 Å². The van der Waals surface area contributed by atoms with Crippen LogP contribution in [0.4, 0.5) is 10.8 Å². The van der Waals surface area contributed by atoms with Crippen LogP contribution < -0.4 is 4.90 Å². The Hall–Kier alpha value is -3.08. The monoisotopic (exact) mass is 499 g/mol. The first-order chi connectivity index (χ1) is 16.3. The Bertz CT molecular complexity index is 1310. The Morgan fingerprint density at radius 3 is 2.56 bits per heavy atom. The Labute approximate surface area is 202 Å². The maximum absolute atomic E-state index is 12.8. The molecule has 1 aliphatic rings. The minimum absolute atomic E-state index is 0.0787. The first-order valence-corrected chi connectivity index (χ1v) is 13.2. The average Bonchev–Trinajstić information content (AvgIpc) is 3.51. The SMILES string of the molecule is CC(=O)N(c1cccc(C)c1)c1nc(COC(=O)c2cccc(S(=O)(=O)N3CCCC3)c2)cs1. The maximum atomic E-state index is 12.8. The van der Waals surface area contributed by atoms with Crippen LogP contribution in [0.2, 0.25) is 0 Å². The lowest BCUT2D eigenvalue weighted by Gasteiger charge is -2.18. The highest BCUT2D eigenvalue weighted by Gasteiger charge is 2.28. The first-order valence-electron chi connectivity index (χ1n) is 10.8. The van der Waals surface area contributed by atoms with Gasteiger partial charge in [0, 0.05) is 25.4 Å². The highest BCUT2D eigenvalue weighted by atomic mass is 32.2. The van der Waals surface area contributed by atoms with E-state index in [0.29, 0.717) is 29.6 Å². The van der Waals surface area contributed by atoms with Crippen molar-refractivity contribution in [3.05, 3.63) is 70.7 Å². The molecule has 0 bridgehead atoms. The van der Waals surface area contributed by atoms with Gasteiger partial charge >= 0.3 is 5.97 Å². The Morgan fingerprint density at radius 2 is 1.85 bits per heavy atom. The number of aromatic nitrogens is 1. The molecule has 2 aromatic carbocycles. The molecule has 0 radical (unpaired) electrons. The van der Waals surface area contributed by atoms with Crippen LogP contribution in [0.3, 0.4) is 0 Å². The highest BCUT2D eigenvalue weighted by Crippen LogP contribution is 2.30. The van der Waals surface area contributed by atoms with E-state index in [1.807, 2.05) is 31.2 Å². The van der Waals surface area contributed by atoms with Gasteiger partial charge in [-0.3, -0.25) is 9.69 Å². The third-order valence-corrected chi connectivity index (χ3v) is 8.20. The lowest BCUT2D eigenvalue weighted by molar-refractivity contribution is -0.115. The third kappa shape index (κ3) is 5.19. The number of anilines is 2. The van der Waals surface area contributed by atoms with Crippen LogP contribution in [0, 0.1) is 6.92 Å². The number of carbonyl (C=O) groups is 2. The summed E-state index contributed by atoms with van der Waals surface area (Å²) in [6.45, 7) is 4.29. The number of thiazole rings is 1. The van der Waals surface area contributed by atoms with Gasteiger partial charge in [-0.25, -0.2) is 18.2 Å². The van der Waals surface area contributed by atoms with Gasteiger partial charge in [-0.1, -0.05) is 18.2 Å². The summed E-state index contributed by atoms with van der Waals surface area (Å²) < 4.78 is 32.4. The Balaban J connectivity index is 1.46. The molecular weight excluding hydrogens is 474 g/mol. The number of nitrogens with zero attached hydrogens (tertiary/aromatic N) is 3. The Morgan fingerprint density at radius 1 is 1.12 bits per heavy atom. The molecule has 0 saturated carbocycles. The summed E-state index contributed by atoms with van der Waals surface area (Å²) in [6, 6.07) is 13.4. The van der Waals surface area contributed by atoms with E-state index in [4.69, 9.17) is 4.74 Å². The molecule has 8 nitrogen and oxygen atoms in total. The van der Waals surface area contributed by atoms with Crippen LogP contribution in [0.5, 0.6) is 0 Å². The number of rotatable bonds is 7. The predicted octanol–water partition coefficient (Wildman–Crippen LogP) is 4.28. The summed E-state index contributed by atoms with van der Waals surface area (Å²) >= 11 is 1.27. The zero-order valence-electron chi connectivity index (χ0n) is 18.9. The molecule has 1 aromatic heterocycles. The molecule has 3 aromatic rings. The van der Waals surface area contributed by atoms with Crippen LogP contribution in [-0.2, 0) is 26.2 Å². The molecule has 1 saturated heterocycles. The molecule has 2 heterocycles. The minimum Gasteiger partial charge on any atom is -0.456 e. The van der Waals surface area contributed by atoms with Gasteiger partial charge in [0.1, 0.15) is 6.61 Å². The second-order valence-electron chi connectivity index (χ2n) is 8.03. The van der Waals surface area contributed by atoms with Gasteiger partial charge < -0.3 is 4.74 Å². The van der Waals surface area contributed by atoms with Gasteiger partial charge in [-0.2, -0.15) is 4.31 Å². The maximum Gasteiger partial charge on any atom is 0.338 e. The minimum atomic E-state index is -3.63. The van der Waals surface area contributed by atoms with Crippen molar-refractivity contribution < 1.29 is 22.7 Å². The fourth-order valence-corrected chi connectivity index (χ4v) is 6.18. The highest BCUT2D eigenvalue weighted by molar-refractivity contribution is 7.89. The molecule has 178 valence electrons. The van der Waals surface area contributed by atoms with Crippen molar-refractivity contribution in [1.82, 2.24) is 9.29 Å². The largest absolute Gasteiger partial charge is 0.456 e. The molecule has 1 aliphatic heterocycles. The number of sulfonamides is 1. The van der Waals surface area contributed by atoms with E-state index in [1.165, 1.54) is 51.7 Å². The van der Waals surface area contributed by atoms with E-state index in [2.05, 4.69) is 4.98 Å². The molecule has 0 spiro atoms. The number of benzene rings is 2. The predicted molar refractivity (Wildman–Crippen MR) is 130 cm³/mol. The van der Waals surface area contributed by atoms with Crippen LogP contribution >= 0.6 is 11.3 Å². The van der Waals surface area contributed by atoms with E-state index in [1.54, 1.807) is 5.38 Å². The number of ether oxygens (including phenoxy) is 1. The van der Waals surface area contributed by atoms with Gasteiger partial charge in [0.15, 0.2) is 5.13 Å². The lowest BCUT2D eigenvalue weighted by Crippen LogP contribution is -2.28. The van der Waals surface area contributed by atoms with Crippen molar-refractivity contribution in [3.8, 4) is 0 Å². The van der Waals surface area contributed by atoms with Crippen LogP contribution in [0.15, 0.2) is 58.8 Å². The lowest BCUT2D eigenvalue weighted by atomic mass is 10.2. The summed E-state index contributed by atoms with van der Waals surface area (Å²) in [6.07, 6.45) is 1.67. The number of carbonyl (C=O) groups excluding carboxylic acids is 2. The number of hydrogen-bond donors (Lipinski definition) is 0. The van der Waals surface area contributed by atoms with Gasteiger partial charge in [0.2, 0.25) is 15.9 Å². The van der Waals surface area contributed by atoms with Gasteiger partial charge in [0.25, 0.3) is 0 Å². The molecule has 0 unspecified atom stereocenters. The van der Waals surface area contributed by atoms with E-state index >= 15 is 0 Å². The number of aryl methyl sites for hydroxylation is 1. The number of hydrogen-bond acceptors (Lipinski definition) is 7. The normalized spacial score (nSPS) is 14.2. The summed E-state index contributed by atoms with van der Waals surface area (Å²) in [5.41, 5.74) is 2.37. The first kappa shape index (κ1) is 24.1.